The minimum Gasteiger partial charge on any atom is -0.252 e. The van der Waals surface area contributed by atoms with Crippen molar-refractivity contribution in [2.75, 3.05) is 0 Å². The van der Waals surface area contributed by atoms with Crippen LogP contribution in [0.3, 0.4) is 0 Å². The quantitative estimate of drug-likeness (QED) is 0.711. The summed E-state index contributed by atoms with van der Waals surface area (Å²) in [6.45, 7) is 0. The van der Waals surface area contributed by atoms with Crippen LogP contribution in [-0.4, -0.2) is 15.6 Å². The summed E-state index contributed by atoms with van der Waals surface area (Å²) in [7, 11) is -1.61. The number of hydrogen-bond acceptors (Lipinski definition) is 1. The van der Waals surface area contributed by atoms with Crippen LogP contribution in [0.5, 0.6) is 0 Å². The van der Waals surface area contributed by atoms with Crippen molar-refractivity contribution in [3.63, 3.8) is 0 Å². The largest absolute Gasteiger partial charge is 0.391 e. The molecule has 1 aliphatic rings. The van der Waals surface area contributed by atoms with Crippen molar-refractivity contribution in [3.05, 3.63) is 0 Å². The first kappa shape index (κ1) is 11.0. The first-order valence-corrected chi connectivity index (χ1v) is 5.40. The molecule has 0 bridgehead atoms. The second-order valence-corrected chi connectivity index (χ2v) is 4.68. The van der Waals surface area contributed by atoms with Crippen molar-refractivity contribution in [2.45, 2.75) is 37.1 Å². The van der Waals surface area contributed by atoms with Gasteiger partial charge in [-0.1, -0.05) is 6.42 Å². The highest BCUT2D eigenvalue weighted by Crippen LogP contribution is 2.38. The Morgan fingerprint density at radius 3 is 2.38 bits per heavy atom. The topological polar surface area (TPSA) is 43.1 Å². The van der Waals surface area contributed by atoms with E-state index in [1.807, 2.05) is 0 Å². The molecule has 0 heterocycles. The molecule has 1 rings (SSSR count). The fourth-order valence-electron chi connectivity index (χ4n) is 1.65. The Kier molecular flexibility index (Phi) is 3.34. The van der Waals surface area contributed by atoms with E-state index in [1.54, 1.807) is 0 Å². The lowest BCUT2D eigenvalue weighted by Gasteiger charge is -2.28. The van der Waals surface area contributed by atoms with Gasteiger partial charge in [-0.25, -0.2) is 4.21 Å². The van der Waals surface area contributed by atoms with Crippen molar-refractivity contribution >= 4 is 11.0 Å². The summed E-state index contributed by atoms with van der Waals surface area (Å²) < 4.78 is 47.5. The van der Waals surface area contributed by atoms with Crippen LogP contribution in [0.2, 0.25) is 0 Å². The maximum Gasteiger partial charge on any atom is 0.391 e. The first-order valence-electron chi connectivity index (χ1n) is 4.13. The van der Waals surface area contributed by atoms with Crippen LogP contribution in [-0.2, 0) is 11.0 Å². The molecule has 0 radical (unpaired) electrons. The van der Waals surface area contributed by atoms with Crippen molar-refractivity contribution in [1.29, 1.82) is 0 Å². The molecule has 1 fully saturated rings. The highest BCUT2D eigenvalue weighted by atomic mass is 32.2. The van der Waals surface area contributed by atoms with Gasteiger partial charge in [0.15, 0.2) is 0 Å². The van der Waals surface area contributed by atoms with E-state index in [0.717, 1.165) is 0 Å². The van der Waals surface area contributed by atoms with Gasteiger partial charge in [-0.15, -0.1) is 0 Å². The SMILES string of the molecule is NS(=O)C1CCCC(C(F)(F)F)C1. The highest BCUT2D eigenvalue weighted by Gasteiger charge is 2.42. The Bertz CT molecular complexity index is 206. The van der Waals surface area contributed by atoms with Gasteiger partial charge in [0, 0.05) is 5.25 Å². The Morgan fingerprint density at radius 1 is 1.31 bits per heavy atom. The number of rotatable bonds is 1. The molecule has 3 atom stereocenters. The highest BCUT2D eigenvalue weighted by molar-refractivity contribution is 7.83. The molecule has 0 saturated heterocycles. The number of halogens is 3. The molecule has 0 spiro atoms. The summed E-state index contributed by atoms with van der Waals surface area (Å²) in [5.41, 5.74) is 0. The minimum absolute atomic E-state index is 0.0768. The second-order valence-electron chi connectivity index (χ2n) is 3.36. The Morgan fingerprint density at radius 2 is 1.92 bits per heavy atom. The van der Waals surface area contributed by atoms with Crippen molar-refractivity contribution in [2.24, 2.45) is 11.1 Å². The predicted octanol–water partition coefficient (Wildman–Crippen LogP) is 1.73. The summed E-state index contributed by atoms with van der Waals surface area (Å²) in [6, 6.07) is 0. The molecule has 13 heavy (non-hydrogen) atoms. The van der Waals surface area contributed by atoms with E-state index < -0.39 is 28.3 Å². The Balaban J connectivity index is 2.57. The molecule has 78 valence electrons. The average molecular weight is 215 g/mol. The van der Waals surface area contributed by atoms with Gasteiger partial charge >= 0.3 is 6.18 Å². The molecule has 3 unspecified atom stereocenters. The normalized spacial score (nSPS) is 32.9. The lowest BCUT2D eigenvalue weighted by Crippen LogP contribution is -2.34. The molecule has 0 aromatic heterocycles. The summed E-state index contributed by atoms with van der Waals surface area (Å²) >= 11 is 0. The molecule has 0 amide bonds. The Hall–Kier alpha value is -0.100. The van der Waals surface area contributed by atoms with Gasteiger partial charge in [0.05, 0.1) is 16.9 Å². The predicted molar refractivity (Wildman–Crippen MR) is 44.1 cm³/mol. The van der Waals surface area contributed by atoms with E-state index in [-0.39, 0.29) is 12.8 Å². The third-order valence-corrected chi connectivity index (χ3v) is 3.50. The van der Waals surface area contributed by atoms with Gasteiger partial charge < -0.3 is 0 Å². The van der Waals surface area contributed by atoms with E-state index in [4.69, 9.17) is 5.14 Å². The van der Waals surface area contributed by atoms with Gasteiger partial charge in [-0.05, 0) is 19.3 Å². The number of hydrogen-bond donors (Lipinski definition) is 1. The molecule has 6 heteroatoms. The average Bonchev–Trinajstić information content (AvgIpc) is 2.03. The monoisotopic (exact) mass is 215 g/mol. The smallest absolute Gasteiger partial charge is 0.252 e. The van der Waals surface area contributed by atoms with Crippen molar-refractivity contribution in [1.82, 2.24) is 0 Å². The summed E-state index contributed by atoms with van der Waals surface area (Å²) in [6.07, 6.45) is -3.06. The van der Waals surface area contributed by atoms with Gasteiger partial charge in [0.2, 0.25) is 0 Å². The van der Waals surface area contributed by atoms with Crippen LogP contribution in [0.1, 0.15) is 25.7 Å². The zero-order valence-electron chi connectivity index (χ0n) is 7.01. The lowest BCUT2D eigenvalue weighted by atomic mass is 9.88. The molecule has 1 aliphatic carbocycles. The van der Waals surface area contributed by atoms with E-state index in [0.29, 0.717) is 12.8 Å². The third-order valence-electron chi connectivity index (χ3n) is 2.42. The van der Waals surface area contributed by atoms with E-state index >= 15 is 0 Å². The van der Waals surface area contributed by atoms with Gasteiger partial charge in [0.1, 0.15) is 0 Å². The lowest BCUT2D eigenvalue weighted by molar-refractivity contribution is -0.181. The summed E-state index contributed by atoms with van der Waals surface area (Å²) in [4.78, 5) is 0. The van der Waals surface area contributed by atoms with Crippen LogP contribution < -0.4 is 5.14 Å². The molecular weight excluding hydrogens is 203 g/mol. The number of nitrogens with two attached hydrogens (primary N) is 1. The summed E-state index contributed by atoms with van der Waals surface area (Å²) in [5, 5.41) is 4.61. The standard InChI is InChI=1S/C7H12F3NOS/c8-7(9,10)5-2-1-3-6(4-5)13(11)12/h5-6H,1-4,11H2. The van der Waals surface area contributed by atoms with Gasteiger partial charge in [-0.2, -0.15) is 13.2 Å². The molecule has 1 saturated carbocycles. The van der Waals surface area contributed by atoms with Crippen LogP contribution in [0.15, 0.2) is 0 Å². The van der Waals surface area contributed by atoms with Crippen molar-refractivity contribution < 1.29 is 17.4 Å². The van der Waals surface area contributed by atoms with E-state index in [2.05, 4.69) is 0 Å². The molecule has 0 aromatic carbocycles. The van der Waals surface area contributed by atoms with Crippen LogP contribution in [0.25, 0.3) is 0 Å². The van der Waals surface area contributed by atoms with Gasteiger partial charge in [0.25, 0.3) is 0 Å². The molecular formula is C7H12F3NOS. The van der Waals surface area contributed by atoms with Crippen LogP contribution in [0.4, 0.5) is 13.2 Å². The fraction of sp³-hybridized carbons (Fsp3) is 1.00. The molecule has 0 aliphatic heterocycles. The van der Waals surface area contributed by atoms with Crippen molar-refractivity contribution in [3.8, 4) is 0 Å². The zero-order valence-corrected chi connectivity index (χ0v) is 7.83. The maximum atomic E-state index is 12.2. The number of alkyl halides is 3. The van der Waals surface area contributed by atoms with Gasteiger partial charge in [-0.3, -0.25) is 5.14 Å². The van der Waals surface area contributed by atoms with Crippen LogP contribution in [0, 0.1) is 5.92 Å². The zero-order chi connectivity index (χ0) is 10.1. The van der Waals surface area contributed by atoms with E-state index in [1.165, 1.54) is 0 Å². The fourth-order valence-corrected chi connectivity index (χ4v) is 2.47. The molecule has 0 aromatic rings. The summed E-state index contributed by atoms with van der Waals surface area (Å²) in [5.74, 6) is -1.31. The van der Waals surface area contributed by atoms with E-state index in [9.17, 15) is 17.4 Å². The Labute approximate surface area is 77.3 Å². The molecule has 2 N–H and O–H groups in total. The molecule has 2 nitrogen and oxygen atoms in total. The first-order chi connectivity index (χ1) is 5.91. The third kappa shape index (κ3) is 2.95. The minimum atomic E-state index is -4.15. The maximum absolute atomic E-state index is 12.2. The van der Waals surface area contributed by atoms with Crippen LogP contribution >= 0.6 is 0 Å². The second kappa shape index (κ2) is 3.96.